The zero-order valence-corrected chi connectivity index (χ0v) is 7.79. The maximum absolute atomic E-state index is 8.81. The van der Waals surface area contributed by atoms with E-state index in [9.17, 15) is 0 Å². The smallest absolute Gasteiger partial charge is 0.116 e. The van der Waals surface area contributed by atoms with Crippen molar-refractivity contribution in [1.29, 1.82) is 0 Å². The van der Waals surface area contributed by atoms with Crippen molar-refractivity contribution >= 4 is 6.29 Å². The van der Waals surface area contributed by atoms with Crippen LogP contribution in [0.1, 0.15) is 18.1 Å². The predicted molar refractivity (Wildman–Crippen MR) is 51.3 cm³/mol. The number of aldehydes is 1. The molecule has 2 heteroatoms. The van der Waals surface area contributed by atoms with Crippen LogP contribution in [0, 0.1) is 13.8 Å². The standard InChI is InChI=1S/C8H10.C2H4O.H2O/c1-7-4-3-5-8(2)6-7;1-2-3;/h3-6H,1-2H3;2H,1H3;1H2. The van der Waals surface area contributed by atoms with Gasteiger partial charge in [0.25, 0.3) is 0 Å². The molecule has 0 aliphatic rings. The lowest BCUT2D eigenvalue weighted by Crippen LogP contribution is -1.71. The van der Waals surface area contributed by atoms with E-state index in [-0.39, 0.29) is 5.48 Å². The molecule has 0 aliphatic carbocycles. The van der Waals surface area contributed by atoms with Gasteiger partial charge in [-0.3, -0.25) is 0 Å². The summed E-state index contributed by atoms with van der Waals surface area (Å²) in [6.07, 6.45) is 0.750. The van der Waals surface area contributed by atoms with Crippen molar-refractivity contribution in [2.45, 2.75) is 20.8 Å². The van der Waals surface area contributed by atoms with Gasteiger partial charge in [-0.2, -0.15) is 0 Å². The minimum atomic E-state index is 0. The number of hydrogen-bond donors (Lipinski definition) is 0. The van der Waals surface area contributed by atoms with Crippen LogP contribution in [0.25, 0.3) is 0 Å². The quantitative estimate of drug-likeness (QED) is 0.544. The summed E-state index contributed by atoms with van der Waals surface area (Å²) in [6.45, 7) is 5.65. The number of benzene rings is 1. The second-order valence-electron chi connectivity index (χ2n) is 2.39. The fourth-order valence-electron chi connectivity index (χ4n) is 0.807. The van der Waals surface area contributed by atoms with Crippen molar-refractivity contribution in [3.05, 3.63) is 35.4 Å². The molecule has 0 saturated heterocycles. The number of hydrogen-bond acceptors (Lipinski definition) is 1. The lowest BCUT2D eigenvalue weighted by atomic mass is 10.2. The molecule has 0 atom stereocenters. The highest BCUT2D eigenvalue weighted by atomic mass is 16.1. The lowest BCUT2D eigenvalue weighted by Gasteiger charge is -1.90. The first-order chi connectivity index (χ1) is 5.20. The van der Waals surface area contributed by atoms with E-state index < -0.39 is 0 Å². The van der Waals surface area contributed by atoms with Gasteiger partial charge in [-0.1, -0.05) is 35.4 Å². The van der Waals surface area contributed by atoms with Crippen LogP contribution in [-0.2, 0) is 4.79 Å². The van der Waals surface area contributed by atoms with E-state index in [0.717, 1.165) is 6.29 Å². The molecular weight excluding hydrogens is 152 g/mol. The van der Waals surface area contributed by atoms with E-state index >= 15 is 0 Å². The van der Waals surface area contributed by atoms with Crippen LogP contribution in [-0.4, -0.2) is 11.8 Å². The van der Waals surface area contributed by atoms with Gasteiger partial charge in [0.2, 0.25) is 0 Å². The Bertz CT molecular complexity index is 202. The predicted octanol–water partition coefficient (Wildman–Crippen LogP) is 1.68. The average Bonchev–Trinajstić information content (AvgIpc) is 1.88. The summed E-state index contributed by atoms with van der Waals surface area (Å²) in [4.78, 5) is 8.81. The molecule has 1 aromatic carbocycles. The normalized spacial score (nSPS) is 7.25. The molecule has 0 aromatic heterocycles. The van der Waals surface area contributed by atoms with E-state index in [2.05, 4.69) is 38.1 Å². The Morgan fingerprint density at radius 3 is 1.67 bits per heavy atom. The van der Waals surface area contributed by atoms with E-state index in [4.69, 9.17) is 4.79 Å². The van der Waals surface area contributed by atoms with Crippen LogP contribution in [0.3, 0.4) is 0 Å². The molecule has 0 fully saturated rings. The largest absolute Gasteiger partial charge is 0.412 e. The van der Waals surface area contributed by atoms with Crippen LogP contribution in [0.5, 0.6) is 0 Å². The van der Waals surface area contributed by atoms with Crippen LogP contribution < -0.4 is 0 Å². The number of carbonyl (C=O) groups is 1. The van der Waals surface area contributed by atoms with Gasteiger partial charge in [-0.05, 0) is 20.8 Å². The first-order valence-electron chi connectivity index (χ1n) is 3.63. The van der Waals surface area contributed by atoms with Crippen molar-refractivity contribution in [3.8, 4) is 0 Å². The summed E-state index contributed by atoms with van der Waals surface area (Å²) < 4.78 is 0. The molecule has 0 aliphatic heterocycles. The lowest BCUT2D eigenvalue weighted by molar-refractivity contribution is -0.106. The zero-order valence-electron chi connectivity index (χ0n) is 7.79. The monoisotopic (exact) mass is 168 g/mol. The third kappa shape index (κ3) is 6.96. The van der Waals surface area contributed by atoms with Crippen molar-refractivity contribution in [2.24, 2.45) is 0 Å². The summed E-state index contributed by atoms with van der Waals surface area (Å²) in [7, 11) is 0. The Balaban J connectivity index is 0. The van der Waals surface area contributed by atoms with Gasteiger partial charge in [0.05, 0.1) is 0 Å². The third-order valence-corrected chi connectivity index (χ3v) is 1.17. The van der Waals surface area contributed by atoms with Crippen LogP contribution >= 0.6 is 0 Å². The zero-order chi connectivity index (χ0) is 8.69. The Labute approximate surface area is 73.5 Å². The maximum Gasteiger partial charge on any atom is 0.116 e. The highest BCUT2D eigenvalue weighted by Crippen LogP contribution is 2.00. The Hall–Kier alpha value is -1.15. The molecule has 1 aromatic rings. The Morgan fingerprint density at radius 1 is 1.17 bits per heavy atom. The summed E-state index contributed by atoms with van der Waals surface area (Å²) in [5, 5.41) is 0. The van der Waals surface area contributed by atoms with Crippen molar-refractivity contribution in [3.63, 3.8) is 0 Å². The van der Waals surface area contributed by atoms with Crippen LogP contribution in [0.4, 0.5) is 0 Å². The van der Waals surface area contributed by atoms with Gasteiger partial charge in [-0.15, -0.1) is 0 Å². The van der Waals surface area contributed by atoms with Gasteiger partial charge < -0.3 is 10.3 Å². The molecule has 0 spiro atoms. The first kappa shape index (κ1) is 13.4. The fraction of sp³-hybridized carbons (Fsp3) is 0.300. The molecule has 0 bridgehead atoms. The molecule has 0 heterocycles. The molecule has 0 saturated carbocycles. The van der Waals surface area contributed by atoms with Crippen LogP contribution in [0.15, 0.2) is 24.3 Å². The summed E-state index contributed by atoms with van der Waals surface area (Å²) in [6, 6.07) is 8.45. The van der Waals surface area contributed by atoms with Gasteiger partial charge in [0, 0.05) is 0 Å². The molecule has 0 amide bonds. The average molecular weight is 168 g/mol. The van der Waals surface area contributed by atoms with Crippen molar-refractivity contribution in [1.82, 2.24) is 0 Å². The summed E-state index contributed by atoms with van der Waals surface area (Å²) in [5.41, 5.74) is 2.68. The molecule has 2 nitrogen and oxygen atoms in total. The highest BCUT2D eigenvalue weighted by Gasteiger charge is 1.80. The molecule has 2 N–H and O–H groups in total. The SMILES string of the molecule is CC=O.Cc1cccc(C)c1.O. The molecule has 0 unspecified atom stereocenters. The van der Waals surface area contributed by atoms with E-state index in [1.165, 1.54) is 18.1 Å². The molecule has 0 radical (unpaired) electrons. The van der Waals surface area contributed by atoms with Gasteiger partial charge in [0.15, 0.2) is 0 Å². The third-order valence-electron chi connectivity index (χ3n) is 1.17. The van der Waals surface area contributed by atoms with E-state index in [1.54, 1.807) is 0 Å². The van der Waals surface area contributed by atoms with E-state index in [1.807, 2.05) is 0 Å². The van der Waals surface area contributed by atoms with Gasteiger partial charge in [-0.25, -0.2) is 0 Å². The van der Waals surface area contributed by atoms with Gasteiger partial charge in [0.1, 0.15) is 6.29 Å². The number of rotatable bonds is 0. The maximum atomic E-state index is 8.81. The summed E-state index contributed by atoms with van der Waals surface area (Å²) >= 11 is 0. The summed E-state index contributed by atoms with van der Waals surface area (Å²) in [5.74, 6) is 0. The number of carbonyl (C=O) groups excluding carboxylic acids is 1. The topological polar surface area (TPSA) is 48.6 Å². The molecule has 12 heavy (non-hydrogen) atoms. The van der Waals surface area contributed by atoms with Crippen molar-refractivity contribution < 1.29 is 10.3 Å². The molecule has 1 rings (SSSR count). The highest BCUT2D eigenvalue weighted by molar-refractivity contribution is 5.44. The van der Waals surface area contributed by atoms with Crippen LogP contribution in [0.2, 0.25) is 0 Å². The Morgan fingerprint density at radius 2 is 1.50 bits per heavy atom. The second kappa shape index (κ2) is 7.95. The minimum absolute atomic E-state index is 0. The second-order valence-corrected chi connectivity index (χ2v) is 2.39. The first-order valence-corrected chi connectivity index (χ1v) is 3.63. The fourth-order valence-corrected chi connectivity index (χ4v) is 0.807. The molecule has 68 valence electrons. The number of aryl methyl sites for hydroxylation is 2. The Kier molecular flexibility index (Phi) is 8.91. The molecular formula is C10H16O2. The van der Waals surface area contributed by atoms with Gasteiger partial charge >= 0.3 is 0 Å². The van der Waals surface area contributed by atoms with E-state index in [0.29, 0.717) is 0 Å². The van der Waals surface area contributed by atoms with Crippen molar-refractivity contribution in [2.75, 3.05) is 0 Å². The minimum Gasteiger partial charge on any atom is -0.412 e.